The summed E-state index contributed by atoms with van der Waals surface area (Å²) in [4.78, 5) is 12.0. The molecule has 0 saturated heterocycles. The minimum absolute atomic E-state index is 0.0178. The van der Waals surface area contributed by atoms with Crippen molar-refractivity contribution in [2.75, 3.05) is 6.61 Å². The summed E-state index contributed by atoms with van der Waals surface area (Å²) in [5.74, 6) is 0.587. The predicted octanol–water partition coefficient (Wildman–Crippen LogP) is 9.56. The Morgan fingerprint density at radius 3 is 1.77 bits per heavy atom. The third kappa shape index (κ3) is 21.9. The molecule has 0 aliphatic rings. The van der Waals surface area contributed by atoms with Gasteiger partial charge in [-0.1, -0.05) is 110 Å². The standard InChI is InChI=1S/C28H54O2/c1-4-7-9-10-11-12-13-14-15-16-17-18-19-20-22-25-28(29)30-26-27(23-6-3)24-21-8-5-2/h14-15,27H,4-13,16-26H2,1-3H3/b15-14-. The molecule has 0 aromatic rings. The number of ether oxygens (including phenoxy) is 1. The van der Waals surface area contributed by atoms with Gasteiger partial charge in [-0.3, -0.25) is 4.79 Å². The maximum atomic E-state index is 12.0. The molecule has 0 spiro atoms. The van der Waals surface area contributed by atoms with Crippen molar-refractivity contribution in [2.24, 2.45) is 5.92 Å². The van der Waals surface area contributed by atoms with E-state index in [1.54, 1.807) is 0 Å². The smallest absolute Gasteiger partial charge is 0.305 e. The summed E-state index contributed by atoms with van der Waals surface area (Å²) < 4.78 is 5.56. The van der Waals surface area contributed by atoms with E-state index in [2.05, 4.69) is 32.9 Å². The van der Waals surface area contributed by atoms with Gasteiger partial charge in [0.15, 0.2) is 0 Å². The largest absolute Gasteiger partial charge is 0.465 e. The number of hydrogen-bond acceptors (Lipinski definition) is 2. The molecule has 178 valence electrons. The van der Waals surface area contributed by atoms with E-state index in [1.165, 1.54) is 109 Å². The molecular weight excluding hydrogens is 368 g/mol. The van der Waals surface area contributed by atoms with Crippen LogP contribution in [-0.4, -0.2) is 12.6 Å². The molecule has 2 nitrogen and oxygen atoms in total. The Hall–Kier alpha value is -0.790. The first-order valence-corrected chi connectivity index (χ1v) is 13.5. The van der Waals surface area contributed by atoms with Gasteiger partial charge in [0.1, 0.15) is 0 Å². The molecule has 0 aromatic carbocycles. The number of allylic oxidation sites excluding steroid dienone is 2. The molecule has 2 heteroatoms. The topological polar surface area (TPSA) is 26.3 Å². The van der Waals surface area contributed by atoms with Crippen molar-refractivity contribution in [3.05, 3.63) is 12.2 Å². The van der Waals surface area contributed by atoms with Crippen LogP contribution in [0.1, 0.15) is 149 Å². The lowest BCUT2D eigenvalue weighted by molar-refractivity contribution is -0.145. The Morgan fingerprint density at radius 2 is 1.17 bits per heavy atom. The van der Waals surface area contributed by atoms with Gasteiger partial charge in [-0.2, -0.15) is 0 Å². The summed E-state index contributed by atoms with van der Waals surface area (Å²) in [7, 11) is 0. The molecule has 0 aliphatic heterocycles. The van der Waals surface area contributed by atoms with Crippen LogP contribution in [0.5, 0.6) is 0 Å². The van der Waals surface area contributed by atoms with E-state index in [0.29, 0.717) is 18.9 Å². The summed E-state index contributed by atoms with van der Waals surface area (Å²) >= 11 is 0. The van der Waals surface area contributed by atoms with Crippen LogP contribution in [-0.2, 0) is 9.53 Å². The molecule has 0 fully saturated rings. The Kier molecular flexibility index (Phi) is 23.8. The SMILES string of the molecule is CCCCCCCC/C=C\CCCCCCCC(=O)OCC(CCC)CCCCC. The van der Waals surface area contributed by atoms with Crippen molar-refractivity contribution in [1.82, 2.24) is 0 Å². The number of unbranched alkanes of at least 4 members (excludes halogenated alkanes) is 13. The average molecular weight is 423 g/mol. The van der Waals surface area contributed by atoms with E-state index in [1.807, 2.05) is 0 Å². The first-order valence-electron chi connectivity index (χ1n) is 13.5. The second-order valence-electron chi connectivity index (χ2n) is 9.17. The highest BCUT2D eigenvalue weighted by molar-refractivity contribution is 5.69. The maximum absolute atomic E-state index is 12.0. The first kappa shape index (κ1) is 29.2. The van der Waals surface area contributed by atoms with Crippen molar-refractivity contribution in [1.29, 1.82) is 0 Å². The lowest BCUT2D eigenvalue weighted by atomic mass is 9.97. The van der Waals surface area contributed by atoms with E-state index in [-0.39, 0.29) is 5.97 Å². The van der Waals surface area contributed by atoms with Gasteiger partial charge in [0.05, 0.1) is 6.61 Å². The maximum Gasteiger partial charge on any atom is 0.305 e. The highest BCUT2D eigenvalue weighted by Crippen LogP contribution is 2.17. The third-order valence-electron chi connectivity index (χ3n) is 6.04. The molecule has 1 unspecified atom stereocenters. The number of carbonyl (C=O) groups excluding carboxylic acids is 1. The predicted molar refractivity (Wildman–Crippen MR) is 133 cm³/mol. The summed E-state index contributed by atoms with van der Waals surface area (Å²) in [6, 6.07) is 0. The van der Waals surface area contributed by atoms with Gasteiger partial charge in [-0.05, 0) is 50.9 Å². The molecule has 30 heavy (non-hydrogen) atoms. The van der Waals surface area contributed by atoms with E-state index in [9.17, 15) is 4.79 Å². The highest BCUT2D eigenvalue weighted by Gasteiger charge is 2.11. The van der Waals surface area contributed by atoms with Gasteiger partial charge in [-0.15, -0.1) is 0 Å². The quantitative estimate of drug-likeness (QED) is 0.0930. The summed E-state index contributed by atoms with van der Waals surface area (Å²) in [5, 5.41) is 0. The molecule has 0 bridgehead atoms. The second kappa shape index (κ2) is 24.5. The Morgan fingerprint density at radius 1 is 0.633 bits per heavy atom. The summed E-state index contributed by atoms with van der Waals surface area (Å²) in [6.07, 6.45) is 29.5. The van der Waals surface area contributed by atoms with Crippen LogP contribution >= 0.6 is 0 Å². The fraction of sp³-hybridized carbons (Fsp3) is 0.893. The molecule has 0 heterocycles. The lowest BCUT2D eigenvalue weighted by Gasteiger charge is -2.16. The van der Waals surface area contributed by atoms with Crippen LogP contribution in [0.15, 0.2) is 12.2 Å². The lowest BCUT2D eigenvalue weighted by Crippen LogP contribution is -2.14. The first-order chi connectivity index (χ1) is 14.7. The van der Waals surface area contributed by atoms with Crippen LogP contribution in [0.4, 0.5) is 0 Å². The van der Waals surface area contributed by atoms with Gasteiger partial charge >= 0.3 is 5.97 Å². The second-order valence-corrected chi connectivity index (χ2v) is 9.17. The van der Waals surface area contributed by atoms with Crippen molar-refractivity contribution < 1.29 is 9.53 Å². The zero-order valence-electron chi connectivity index (χ0n) is 20.9. The van der Waals surface area contributed by atoms with Crippen LogP contribution in [0, 0.1) is 5.92 Å². The van der Waals surface area contributed by atoms with Crippen LogP contribution in [0.3, 0.4) is 0 Å². The van der Waals surface area contributed by atoms with Gasteiger partial charge in [0.2, 0.25) is 0 Å². The number of rotatable bonds is 23. The van der Waals surface area contributed by atoms with E-state index in [4.69, 9.17) is 4.74 Å². The zero-order chi connectivity index (χ0) is 22.1. The molecule has 0 aromatic heterocycles. The average Bonchev–Trinajstić information content (AvgIpc) is 2.75. The van der Waals surface area contributed by atoms with Gasteiger partial charge in [-0.25, -0.2) is 0 Å². The van der Waals surface area contributed by atoms with E-state index >= 15 is 0 Å². The van der Waals surface area contributed by atoms with Crippen molar-refractivity contribution in [3.8, 4) is 0 Å². The van der Waals surface area contributed by atoms with Crippen LogP contribution in [0.2, 0.25) is 0 Å². The van der Waals surface area contributed by atoms with Crippen molar-refractivity contribution in [2.45, 2.75) is 149 Å². The minimum Gasteiger partial charge on any atom is -0.465 e. The van der Waals surface area contributed by atoms with Crippen LogP contribution < -0.4 is 0 Å². The van der Waals surface area contributed by atoms with E-state index in [0.717, 1.165) is 12.8 Å². The van der Waals surface area contributed by atoms with Gasteiger partial charge in [0.25, 0.3) is 0 Å². The fourth-order valence-electron chi connectivity index (χ4n) is 4.03. The van der Waals surface area contributed by atoms with Crippen molar-refractivity contribution in [3.63, 3.8) is 0 Å². The molecule has 0 N–H and O–H groups in total. The minimum atomic E-state index is 0.0178. The van der Waals surface area contributed by atoms with Gasteiger partial charge in [0, 0.05) is 6.42 Å². The van der Waals surface area contributed by atoms with Crippen LogP contribution in [0.25, 0.3) is 0 Å². The Bertz CT molecular complexity index is 375. The molecular formula is C28H54O2. The Labute approximate surface area is 189 Å². The normalized spacial score (nSPS) is 12.5. The molecule has 0 aliphatic carbocycles. The number of hydrogen-bond donors (Lipinski definition) is 0. The molecule has 0 amide bonds. The molecule has 0 rings (SSSR count). The fourth-order valence-corrected chi connectivity index (χ4v) is 4.03. The summed E-state index contributed by atoms with van der Waals surface area (Å²) in [5.41, 5.74) is 0. The molecule has 0 radical (unpaired) electrons. The number of esters is 1. The number of carbonyl (C=O) groups is 1. The molecule has 1 atom stereocenters. The monoisotopic (exact) mass is 422 g/mol. The summed E-state index contributed by atoms with van der Waals surface area (Å²) in [6.45, 7) is 7.38. The van der Waals surface area contributed by atoms with Crippen molar-refractivity contribution >= 4 is 5.97 Å². The van der Waals surface area contributed by atoms with E-state index < -0.39 is 0 Å². The van der Waals surface area contributed by atoms with Gasteiger partial charge < -0.3 is 4.74 Å². The highest BCUT2D eigenvalue weighted by atomic mass is 16.5. The molecule has 0 saturated carbocycles. The Balaban J connectivity index is 3.46. The third-order valence-corrected chi connectivity index (χ3v) is 6.04. The zero-order valence-corrected chi connectivity index (χ0v) is 20.9.